The first-order valence-electron chi connectivity index (χ1n) is 38.9. The average molecular weight is 1390 g/mol. The van der Waals surface area contributed by atoms with Crippen LogP contribution in [0.5, 0.6) is 0 Å². The molecule has 520 valence electrons. The molecule has 2 aromatic heterocycles. The van der Waals surface area contributed by atoms with Crippen molar-refractivity contribution >= 4 is 95.0 Å². The molecule has 0 bridgehead atoms. The fourth-order valence-corrected chi connectivity index (χ4v) is 20.0. The van der Waals surface area contributed by atoms with E-state index < -0.39 is 0 Å². The van der Waals surface area contributed by atoms with E-state index in [1.165, 1.54) is 172 Å². The number of benzene rings is 13. The Hall–Kier alpha value is -12.2. The lowest BCUT2D eigenvalue weighted by Crippen LogP contribution is -2.18. The number of allylic oxidation sites excluding steroid dienone is 9. The number of nitrogens with zero attached hydrogens (tertiary/aromatic N) is 4. The van der Waals surface area contributed by atoms with Gasteiger partial charge in [0, 0.05) is 89.2 Å². The van der Waals surface area contributed by atoms with Crippen LogP contribution in [0.1, 0.15) is 124 Å². The van der Waals surface area contributed by atoms with Crippen molar-refractivity contribution in [1.82, 2.24) is 9.13 Å². The molecule has 0 spiro atoms. The van der Waals surface area contributed by atoms with Crippen molar-refractivity contribution in [2.45, 2.75) is 96.3 Å². The van der Waals surface area contributed by atoms with Crippen LogP contribution in [0.15, 0.2) is 321 Å². The summed E-state index contributed by atoms with van der Waals surface area (Å²) in [5.41, 5.74) is 37.9. The molecule has 2 atom stereocenters. The first-order valence-corrected chi connectivity index (χ1v) is 38.9. The van der Waals surface area contributed by atoms with Gasteiger partial charge in [-0.3, -0.25) is 0 Å². The summed E-state index contributed by atoms with van der Waals surface area (Å²) >= 11 is 0. The molecule has 6 aliphatic rings. The highest BCUT2D eigenvalue weighted by molar-refractivity contribution is 6.11. The average Bonchev–Trinajstić information content (AvgIpc) is 1.55. The molecule has 4 nitrogen and oxygen atoms in total. The lowest BCUT2D eigenvalue weighted by molar-refractivity contribution is 0.651. The van der Waals surface area contributed by atoms with Gasteiger partial charge in [0.1, 0.15) is 0 Å². The molecule has 0 amide bonds. The van der Waals surface area contributed by atoms with Gasteiger partial charge in [-0.15, -0.1) is 0 Å². The number of anilines is 6. The van der Waals surface area contributed by atoms with E-state index in [9.17, 15) is 0 Å². The fraction of sp³-hybridized carbons (Fsp3) is 0.154. The fourth-order valence-electron chi connectivity index (χ4n) is 20.0. The maximum Gasteiger partial charge on any atom is 0.0543 e. The van der Waals surface area contributed by atoms with Crippen molar-refractivity contribution in [2.75, 3.05) is 9.80 Å². The van der Waals surface area contributed by atoms with Crippen molar-refractivity contribution in [1.29, 1.82) is 0 Å². The van der Waals surface area contributed by atoms with Crippen molar-refractivity contribution in [3.63, 3.8) is 0 Å². The molecule has 2 unspecified atom stereocenters. The molecule has 0 N–H and O–H groups in total. The third-order valence-electron chi connectivity index (χ3n) is 25.4. The van der Waals surface area contributed by atoms with Gasteiger partial charge in [0.2, 0.25) is 0 Å². The van der Waals surface area contributed by atoms with Gasteiger partial charge in [0.05, 0.1) is 22.2 Å². The number of hydrogen-bond donors (Lipinski definition) is 0. The highest BCUT2D eigenvalue weighted by Crippen LogP contribution is 2.57. The van der Waals surface area contributed by atoms with Gasteiger partial charge < -0.3 is 18.9 Å². The van der Waals surface area contributed by atoms with E-state index in [4.69, 9.17) is 0 Å². The second-order valence-electron chi connectivity index (χ2n) is 32.7. The van der Waals surface area contributed by atoms with E-state index in [0.717, 1.165) is 48.4 Å². The Labute approximate surface area is 633 Å². The second-order valence-corrected chi connectivity index (χ2v) is 32.7. The summed E-state index contributed by atoms with van der Waals surface area (Å²) < 4.78 is 4.97. The number of aromatic nitrogens is 2. The molecule has 0 saturated carbocycles. The summed E-state index contributed by atoms with van der Waals surface area (Å²) in [6.07, 6.45) is 21.0. The SMILES string of the molecule is CC1C=C(n2c3c(c4ccc(-c5ccc6c(c5)C(C)(C)c5cc(N(c7ccc(-c8ccc9c(c8)c8ccccc8n9-c8ccccc8)cc7)c7ccc8c(c7)C(C)(C)C7=C8CCC=C7)ccc5-6)cc42)CC(c2ccc(N(c4ccccc4)c4ccc5c(c4)C(C)(C)c4ccccc4-5)c4ccccc24)C=C3)C=CC1. The highest BCUT2D eigenvalue weighted by Gasteiger charge is 2.41. The molecule has 0 fully saturated rings. The van der Waals surface area contributed by atoms with Gasteiger partial charge >= 0.3 is 0 Å². The monoisotopic (exact) mass is 1390 g/mol. The lowest BCUT2D eigenvalue weighted by Gasteiger charge is -2.30. The molecule has 6 aliphatic carbocycles. The Morgan fingerprint density at radius 1 is 0.370 bits per heavy atom. The van der Waals surface area contributed by atoms with Crippen LogP contribution in [-0.4, -0.2) is 9.13 Å². The molecule has 2 heterocycles. The zero-order valence-electron chi connectivity index (χ0n) is 62.4. The van der Waals surface area contributed by atoms with Gasteiger partial charge in [-0.2, -0.15) is 0 Å². The van der Waals surface area contributed by atoms with E-state index in [-0.39, 0.29) is 22.2 Å². The Kier molecular flexibility index (Phi) is 14.3. The van der Waals surface area contributed by atoms with Crippen LogP contribution in [0.25, 0.3) is 111 Å². The van der Waals surface area contributed by atoms with Crippen molar-refractivity contribution in [3.8, 4) is 50.2 Å². The minimum Gasteiger partial charge on any atom is -0.310 e. The van der Waals surface area contributed by atoms with Crippen LogP contribution in [-0.2, 0) is 22.7 Å². The number of rotatable bonds is 11. The van der Waals surface area contributed by atoms with E-state index in [0.29, 0.717) is 5.92 Å². The maximum atomic E-state index is 2.58. The van der Waals surface area contributed by atoms with Crippen LogP contribution in [0, 0.1) is 5.92 Å². The standard InChI is InChI=1S/C104H84N4/c1-65-23-22-28-74(57-65)108-100-55-42-70(78-53-56-98(86-32-15-14-29-79(78)86)106(71-24-10-8-11-25-71)77-47-52-84-81-31-17-20-35-92(81)103(4,5)95(84)64-77)59-90(100)88-49-40-69(61-101(88)108)68-39-48-82-85-51-46-76(63-96(85)104(6,7)93(82)60-68)105(75-45-50-83-80-30-16-19-34-91(80)102(2,3)94(83)62-75)73-43-37-66(38-44-73)67-41-54-99-89(58-67)87-33-18-21-36-97(87)107(99)72-26-12-9-13-27-72/h8-15,17-22,24-29,31-58,60-65,70H,16,23,30,59H2,1-7H3. The van der Waals surface area contributed by atoms with Crippen LogP contribution in [0.3, 0.4) is 0 Å². The highest BCUT2D eigenvalue weighted by atomic mass is 15.2. The topological polar surface area (TPSA) is 16.3 Å². The zero-order chi connectivity index (χ0) is 72.5. The molecular formula is C104H84N4. The molecule has 0 aliphatic heterocycles. The summed E-state index contributed by atoms with van der Waals surface area (Å²) in [5.74, 6) is 0.599. The largest absolute Gasteiger partial charge is 0.310 e. The third kappa shape index (κ3) is 9.74. The van der Waals surface area contributed by atoms with Crippen LogP contribution >= 0.6 is 0 Å². The Balaban J connectivity index is 0.625. The van der Waals surface area contributed by atoms with Crippen molar-refractivity contribution in [3.05, 3.63) is 371 Å². The van der Waals surface area contributed by atoms with E-state index in [2.05, 4.69) is 389 Å². The molecule has 108 heavy (non-hydrogen) atoms. The molecular weight excluding hydrogens is 1310 g/mol. The predicted molar refractivity (Wildman–Crippen MR) is 457 cm³/mol. The van der Waals surface area contributed by atoms with Crippen LogP contribution in [0.2, 0.25) is 0 Å². The van der Waals surface area contributed by atoms with Gasteiger partial charge in [-0.05, 0) is 258 Å². The van der Waals surface area contributed by atoms with Crippen molar-refractivity contribution in [2.24, 2.45) is 5.92 Å². The lowest BCUT2D eigenvalue weighted by atomic mass is 9.80. The van der Waals surface area contributed by atoms with E-state index in [1.54, 1.807) is 0 Å². The predicted octanol–water partition coefficient (Wildman–Crippen LogP) is 28.0. The molecule has 15 aromatic rings. The maximum absolute atomic E-state index is 2.58. The number of para-hydroxylation sites is 3. The zero-order valence-corrected chi connectivity index (χ0v) is 62.4. The summed E-state index contributed by atoms with van der Waals surface area (Å²) in [5, 5.41) is 6.35. The molecule has 4 heteroatoms. The summed E-state index contributed by atoms with van der Waals surface area (Å²) in [6, 6.07) is 106. The van der Waals surface area contributed by atoms with Gasteiger partial charge in [0.15, 0.2) is 0 Å². The minimum atomic E-state index is -0.297. The third-order valence-corrected chi connectivity index (χ3v) is 25.4. The Morgan fingerprint density at radius 2 is 0.935 bits per heavy atom. The summed E-state index contributed by atoms with van der Waals surface area (Å²) in [7, 11) is 0. The Bertz CT molecular complexity index is 6470. The molecule has 13 aromatic carbocycles. The van der Waals surface area contributed by atoms with Crippen LogP contribution < -0.4 is 9.80 Å². The molecule has 0 saturated heterocycles. The van der Waals surface area contributed by atoms with Gasteiger partial charge in [0.25, 0.3) is 0 Å². The van der Waals surface area contributed by atoms with Gasteiger partial charge in [-0.1, -0.05) is 249 Å². The molecule has 0 radical (unpaired) electrons. The first kappa shape index (κ1) is 64.2. The normalized spacial score (nSPS) is 17.2. The smallest absolute Gasteiger partial charge is 0.0543 e. The first-order chi connectivity index (χ1) is 52.7. The van der Waals surface area contributed by atoms with Gasteiger partial charge in [-0.25, -0.2) is 0 Å². The quantitative estimate of drug-likeness (QED) is 0.128. The Morgan fingerprint density at radius 3 is 1.69 bits per heavy atom. The second kappa shape index (κ2) is 24.1. The van der Waals surface area contributed by atoms with Crippen molar-refractivity contribution < 1.29 is 0 Å². The number of hydrogen-bond acceptors (Lipinski definition) is 2. The molecule has 21 rings (SSSR count). The summed E-state index contributed by atoms with van der Waals surface area (Å²) in [4.78, 5) is 5.00. The van der Waals surface area contributed by atoms with E-state index in [1.807, 2.05) is 0 Å². The summed E-state index contributed by atoms with van der Waals surface area (Å²) in [6.45, 7) is 16.8. The minimum absolute atomic E-state index is 0.112. The van der Waals surface area contributed by atoms with Crippen LogP contribution in [0.4, 0.5) is 34.1 Å². The van der Waals surface area contributed by atoms with E-state index >= 15 is 0 Å². The number of fused-ring (bicyclic) bond motifs is 15.